The van der Waals surface area contributed by atoms with E-state index in [4.69, 9.17) is 9.59 Å². The highest BCUT2D eigenvalue weighted by Crippen LogP contribution is 2.31. The molecule has 0 fully saturated rings. The first kappa shape index (κ1) is 21.6. The molecule has 0 aliphatic heterocycles. The second-order valence-corrected chi connectivity index (χ2v) is 6.86. The van der Waals surface area contributed by atoms with Crippen molar-refractivity contribution < 1.29 is 14.4 Å². The van der Waals surface area contributed by atoms with Crippen LogP contribution < -0.4 is 5.56 Å². The van der Waals surface area contributed by atoms with Gasteiger partial charge in [0.2, 0.25) is 5.78 Å². The van der Waals surface area contributed by atoms with Crippen LogP contribution >= 0.6 is 0 Å². The molecule has 2 aromatic heterocycles. The number of aromatic nitrogens is 3. The van der Waals surface area contributed by atoms with Crippen LogP contribution in [-0.2, 0) is 16.0 Å². The monoisotopic (exact) mass is 415 g/mol. The minimum atomic E-state index is -0.224. The van der Waals surface area contributed by atoms with E-state index in [0.717, 1.165) is 18.4 Å². The van der Waals surface area contributed by atoms with E-state index in [1.807, 2.05) is 48.5 Å². The fourth-order valence-corrected chi connectivity index (χ4v) is 3.41. The number of fused-ring (bicyclic) bond motifs is 1. The summed E-state index contributed by atoms with van der Waals surface area (Å²) in [5.74, 6) is 0.478. The molecule has 2 aromatic carbocycles. The maximum absolute atomic E-state index is 13.2. The molecule has 2 N–H and O–H groups in total. The normalized spacial score (nSPS) is 10.2. The van der Waals surface area contributed by atoms with Gasteiger partial charge in [-0.25, -0.2) is 4.98 Å². The highest BCUT2D eigenvalue weighted by Gasteiger charge is 2.23. The lowest BCUT2D eigenvalue weighted by atomic mass is 9.98. The molecule has 31 heavy (non-hydrogen) atoms. The molecule has 7 nitrogen and oxygen atoms in total. The van der Waals surface area contributed by atoms with Crippen LogP contribution in [0, 0.1) is 0 Å². The lowest BCUT2D eigenvalue weighted by Gasteiger charge is -2.05. The molecule has 0 aliphatic rings. The molecule has 7 heteroatoms. The fourth-order valence-electron chi connectivity index (χ4n) is 3.41. The van der Waals surface area contributed by atoms with Crippen molar-refractivity contribution in [2.24, 2.45) is 0 Å². The Balaban J connectivity index is 0.000000858. The summed E-state index contributed by atoms with van der Waals surface area (Å²) in [4.78, 5) is 53.0. The topological polar surface area (TPSA) is 113 Å². The van der Waals surface area contributed by atoms with Gasteiger partial charge in [-0.1, -0.05) is 74.0 Å². The van der Waals surface area contributed by atoms with E-state index in [2.05, 4.69) is 21.9 Å². The molecule has 156 valence electrons. The Morgan fingerprint density at radius 3 is 2.19 bits per heavy atom. The van der Waals surface area contributed by atoms with Gasteiger partial charge in [0.05, 0.1) is 11.1 Å². The summed E-state index contributed by atoms with van der Waals surface area (Å²) in [6, 6.07) is 18.5. The zero-order valence-corrected chi connectivity index (χ0v) is 17.0. The molecular weight excluding hydrogens is 394 g/mol. The molecular formula is C24H21N3O4. The van der Waals surface area contributed by atoms with Gasteiger partial charge in [0.1, 0.15) is 11.5 Å². The Bertz CT molecular complexity index is 1270. The SMILES string of the molecule is CCCCc1nc2[nH]c(C(=O)c3ccccc3)c(-c3ccccc3)c2c(=O)[nH]1.O=C=O. The second-order valence-electron chi connectivity index (χ2n) is 6.86. The predicted octanol–water partition coefficient (Wildman–Crippen LogP) is 3.91. The number of aryl methyl sites for hydroxylation is 1. The number of unbranched alkanes of at least 4 members (excludes halogenated alkanes) is 1. The molecule has 4 aromatic rings. The van der Waals surface area contributed by atoms with E-state index in [-0.39, 0.29) is 17.5 Å². The predicted molar refractivity (Wildman–Crippen MR) is 116 cm³/mol. The molecule has 0 radical (unpaired) electrons. The molecule has 0 unspecified atom stereocenters. The molecule has 0 spiro atoms. The zero-order chi connectivity index (χ0) is 22.2. The van der Waals surface area contributed by atoms with E-state index < -0.39 is 0 Å². The van der Waals surface area contributed by atoms with Crippen molar-refractivity contribution in [3.05, 3.63) is 88.1 Å². The molecule has 0 aliphatic carbocycles. The van der Waals surface area contributed by atoms with Crippen molar-refractivity contribution in [2.45, 2.75) is 26.2 Å². The van der Waals surface area contributed by atoms with Gasteiger partial charge in [0, 0.05) is 17.5 Å². The third-order valence-corrected chi connectivity index (χ3v) is 4.80. The summed E-state index contributed by atoms with van der Waals surface area (Å²) in [6.45, 7) is 2.09. The molecule has 0 saturated heterocycles. The van der Waals surface area contributed by atoms with E-state index >= 15 is 0 Å². The third-order valence-electron chi connectivity index (χ3n) is 4.80. The van der Waals surface area contributed by atoms with Crippen LogP contribution in [0.25, 0.3) is 22.2 Å². The number of hydrogen-bond acceptors (Lipinski definition) is 5. The second kappa shape index (κ2) is 10.1. The van der Waals surface area contributed by atoms with Gasteiger partial charge in [-0.3, -0.25) is 9.59 Å². The Morgan fingerprint density at radius 1 is 0.968 bits per heavy atom. The van der Waals surface area contributed by atoms with Crippen LogP contribution in [0.4, 0.5) is 0 Å². The largest absolute Gasteiger partial charge is 0.373 e. The Morgan fingerprint density at radius 2 is 1.58 bits per heavy atom. The number of H-pyrrole nitrogens is 2. The molecule has 0 atom stereocenters. The summed E-state index contributed by atoms with van der Waals surface area (Å²) >= 11 is 0. The van der Waals surface area contributed by atoms with Crippen LogP contribution in [0.1, 0.15) is 41.6 Å². The average molecular weight is 415 g/mol. The van der Waals surface area contributed by atoms with Gasteiger partial charge in [-0.2, -0.15) is 9.59 Å². The molecule has 4 rings (SSSR count). The molecule has 0 bridgehead atoms. The number of hydrogen-bond donors (Lipinski definition) is 2. The summed E-state index contributed by atoms with van der Waals surface area (Å²) in [5, 5.41) is 0.422. The maximum atomic E-state index is 13.2. The summed E-state index contributed by atoms with van der Waals surface area (Å²) < 4.78 is 0. The standard InChI is InChI=1S/C23H21N3O2.CO2/c1-2-3-14-17-24-22-19(23(28)25-17)18(15-10-6-4-7-11-15)20(26-22)21(27)16-12-8-5-9-13-16;2-1-3/h4-13H,2-3,14H2,1H3,(H2,24,25,26,28);. The van der Waals surface area contributed by atoms with Crippen molar-refractivity contribution in [1.82, 2.24) is 15.0 Å². The number of carbonyl (C=O) groups excluding carboxylic acids is 3. The lowest BCUT2D eigenvalue weighted by Crippen LogP contribution is -2.12. The number of carbonyl (C=O) groups is 1. The van der Waals surface area contributed by atoms with Crippen LogP contribution in [0.5, 0.6) is 0 Å². The van der Waals surface area contributed by atoms with E-state index in [1.165, 1.54) is 0 Å². The number of ketones is 1. The summed E-state index contributed by atoms with van der Waals surface area (Å²) in [5.41, 5.74) is 2.58. The van der Waals surface area contributed by atoms with Crippen molar-refractivity contribution >= 4 is 23.0 Å². The van der Waals surface area contributed by atoms with Gasteiger partial charge in [0.15, 0.2) is 0 Å². The molecule has 0 saturated carbocycles. The number of nitrogens with one attached hydrogen (secondary N) is 2. The summed E-state index contributed by atoms with van der Waals surface area (Å²) in [6.07, 6.45) is 2.90. The Hall–Kier alpha value is -4.09. The number of rotatable bonds is 6. The molecule has 0 amide bonds. The number of nitrogens with zero attached hydrogens (tertiary/aromatic N) is 1. The maximum Gasteiger partial charge on any atom is 0.373 e. The highest BCUT2D eigenvalue weighted by atomic mass is 16.2. The van der Waals surface area contributed by atoms with Crippen LogP contribution in [0.15, 0.2) is 65.5 Å². The van der Waals surface area contributed by atoms with Crippen molar-refractivity contribution in [3.63, 3.8) is 0 Å². The lowest BCUT2D eigenvalue weighted by molar-refractivity contribution is -0.191. The van der Waals surface area contributed by atoms with Gasteiger partial charge in [-0.15, -0.1) is 0 Å². The Kier molecular flexibility index (Phi) is 7.04. The number of benzene rings is 2. The van der Waals surface area contributed by atoms with Crippen molar-refractivity contribution in [3.8, 4) is 11.1 Å². The van der Waals surface area contributed by atoms with Crippen LogP contribution in [-0.4, -0.2) is 26.9 Å². The highest BCUT2D eigenvalue weighted by molar-refractivity contribution is 6.16. The van der Waals surface area contributed by atoms with Crippen LogP contribution in [0.2, 0.25) is 0 Å². The minimum absolute atomic E-state index is 0.160. The van der Waals surface area contributed by atoms with E-state index in [1.54, 1.807) is 12.1 Å². The first-order valence-electron chi connectivity index (χ1n) is 9.90. The zero-order valence-electron chi connectivity index (χ0n) is 17.0. The number of aromatic amines is 2. The van der Waals surface area contributed by atoms with Gasteiger partial charge in [-0.05, 0) is 12.0 Å². The van der Waals surface area contributed by atoms with Gasteiger partial charge >= 0.3 is 6.15 Å². The first-order valence-corrected chi connectivity index (χ1v) is 9.90. The van der Waals surface area contributed by atoms with E-state index in [0.29, 0.717) is 40.1 Å². The average Bonchev–Trinajstić information content (AvgIpc) is 3.19. The fraction of sp³-hybridized carbons (Fsp3) is 0.167. The van der Waals surface area contributed by atoms with Crippen LogP contribution in [0.3, 0.4) is 0 Å². The third kappa shape index (κ3) is 4.74. The van der Waals surface area contributed by atoms with Crippen molar-refractivity contribution in [1.29, 1.82) is 0 Å². The van der Waals surface area contributed by atoms with E-state index in [9.17, 15) is 9.59 Å². The van der Waals surface area contributed by atoms with Crippen molar-refractivity contribution in [2.75, 3.05) is 0 Å². The molecule has 2 heterocycles. The minimum Gasteiger partial charge on any atom is -0.336 e. The first-order chi connectivity index (χ1) is 15.1. The Labute approximate surface area is 178 Å². The smallest absolute Gasteiger partial charge is 0.336 e. The quantitative estimate of drug-likeness (QED) is 0.464. The van der Waals surface area contributed by atoms with Gasteiger partial charge < -0.3 is 9.97 Å². The summed E-state index contributed by atoms with van der Waals surface area (Å²) in [7, 11) is 0. The van der Waals surface area contributed by atoms with Gasteiger partial charge in [0.25, 0.3) is 5.56 Å².